The Morgan fingerprint density at radius 2 is 2.06 bits per heavy atom. The predicted octanol–water partition coefficient (Wildman–Crippen LogP) is 2.37. The standard InChI is InChI=1S/C13H26N2O2/c1-12(2,3)17-11(16)15-8-6-5-7-13(4,9-14)10-15/h5-10,14H2,1-4H3/t13-/m0/s1. The highest BCUT2D eigenvalue weighted by Gasteiger charge is 2.32. The molecule has 1 aliphatic heterocycles. The van der Waals surface area contributed by atoms with E-state index in [2.05, 4.69) is 6.92 Å². The quantitative estimate of drug-likeness (QED) is 0.768. The van der Waals surface area contributed by atoms with Gasteiger partial charge in [0.1, 0.15) is 5.60 Å². The Kier molecular flexibility index (Phi) is 4.42. The van der Waals surface area contributed by atoms with Crippen LogP contribution >= 0.6 is 0 Å². The van der Waals surface area contributed by atoms with Crippen molar-refractivity contribution in [3.63, 3.8) is 0 Å². The van der Waals surface area contributed by atoms with Crippen molar-refractivity contribution in [1.82, 2.24) is 4.90 Å². The summed E-state index contributed by atoms with van der Waals surface area (Å²) in [5.41, 5.74) is 5.42. The molecule has 0 spiro atoms. The van der Waals surface area contributed by atoms with Gasteiger partial charge in [0.05, 0.1) is 0 Å². The van der Waals surface area contributed by atoms with Gasteiger partial charge in [-0.15, -0.1) is 0 Å². The van der Waals surface area contributed by atoms with Crippen LogP contribution in [0.1, 0.15) is 47.0 Å². The molecule has 0 bridgehead atoms. The van der Waals surface area contributed by atoms with E-state index in [1.165, 1.54) is 0 Å². The van der Waals surface area contributed by atoms with E-state index in [0.717, 1.165) is 25.8 Å². The maximum Gasteiger partial charge on any atom is 0.410 e. The Morgan fingerprint density at radius 1 is 1.41 bits per heavy atom. The Morgan fingerprint density at radius 3 is 2.59 bits per heavy atom. The molecule has 4 nitrogen and oxygen atoms in total. The summed E-state index contributed by atoms with van der Waals surface area (Å²) in [5.74, 6) is 0. The second kappa shape index (κ2) is 5.25. The van der Waals surface area contributed by atoms with Gasteiger partial charge in [-0.05, 0) is 45.6 Å². The van der Waals surface area contributed by atoms with Crippen molar-refractivity contribution in [1.29, 1.82) is 0 Å². The normalized spacial score (nSPS) is 26.5. The van der Waals surface area contributed by atoms with Crippen LogP contribution in [0, 0.1) is 5.41 Å². The average molecular weight is 242 g/mol. The van der Waals surface area contributed by atoms with E-state index in [1.54, 1.807) is 0 Å². The number of carbonyl (C=O) groups excluding carboxylic acids is 1. The van der Waals surface area contributed by atoms with Crippen molar-refractivity contribution < 1.29 is 9.53 Å². The number of hydrogen-bond donors (Lipinski definition) is 1. The van der Waals surface area contributed by atoms with Crippen LogP contribution in [0.3, 0.4) is 0 Å². The number of hydrogen-bond acceptors (Lipinski definition) is 3. The fourth-order valence-corrected chi connectivity index (χ4v) is 2.12. The number of rotatable bonds is 1. The van der Waals surface area contributed by atoms with Gasteiger partial charge in [0.2, 0.25) is 0 Å². The number of ether oxygens (including phenoxy) is 1. The number of nitrogens with two attached hydrogens (primary N) is 1. The summed E-state index contributed by atoms with van der Waals surface area (Å²) in [6.07, 6.45) is 3.05. The molecule has 0 unspecified atom stereocenters. The minimum atomic E-state index is -0.428. The molecular formula is C13H26N2O2. The lowest BCUT2D eigenvalue weighted by atomic mass is 9.86. The molecule has 100 valence electrons. The zero-order valence-electron chi connectivity index (χ0n) is 11.6. The van der Waals surface area contributed by atoms with E-state index in [-0.39, 0.29) is 11.5 Å². The van der Waals surface area contributed by atoms with E-state index in [0.29, 0.717) is 13.1 Å². The third-order valence-electron chi connectivity index (χ3n) is 3.18. The molecule has 0 aromatic heterocycles. The largest absolute Gasteiger partial charge is 0.444 e. The van der Waals surface area contributed by atoms with E-state index in [4.69, 9.17) is 10.5 Å². The summed E-state index contributed by atoms with van der Waals surface area (Å²) >= 11 is 0. The molecule has 1 saturated heterocycles. The van der Waals surface area contributed by atoms with Gasteiger partial charge in [0.15, 0.2) is 0 Å². The SMILES string of the molecule is CC(C)(C)OC(=O)N1CCCC[C@@](C)(CN)C1. The van der Waals surface area contributed by atoms with Crippen LogP contribution in [-0.2, 0) is 4.74 Å². The Hall–Kier alpha value is -0.770. The molecule has 1 atom stereocenters. The van der Waals surface area contributed by atoms with Gasteiger partial charge in [-0.25, -0.2) is 4.79 Å². The van der Waals surface area contributed by atoms with Gasteiger partial charge in [-0.3, -0.25) is 0 Å². The number of amides is 1. The second-order valence-corrected chi connectivity index (χ2v) is 6.37. The highest BCUT2D eigenvalue weighted by molar-refractivity contribution is 5.68. The first-order valence-corrected chi connectivity index (χ1v) is 6.44. The minimum Gasteiger partial charge on any atom is -0.444 e. The first-order chi connectivity index (χ1) is 7.76. The topological polar surface area (TPSA) is 55.6 Å². The second-order valence-electron chi connectivity index (χ2n) is 6.37. The van der Waals surface area contributed by atoms with Gasteiger partial charge < -0.3 is 15.4 Å². The molecule has 2 N–H and O–H groups in total. The monoisotopic (exact) mass is 242 g/mol. The summed E-state index contributed by atoms with van der Waals surface area (Å²) < 4.78 is 5.42. The van der Waals surface area contributed by atoms with Crippen LogP contribution in [0.5, 0.6) is 0 Å². The molecule has 1 amide bonds. The van der Waals surface area contributed by atoms with Crippen molar-refractivity contribution in [3.8, 4) is 0 Å². The Bertz CT molecular complexity index is 273. The summed E-state index contributed by atoms with van der Waals surface area (Å²) in [6.45, 7) is 9.94. The van der Waals surface area contributed by atoms with Gasteiger partial charge in [0, 0.05) is 13.1 Å². The molecule has 1 rings (SSSR count). The fraction of sp³-hybridized carbons (Fsp3) is 0.923. The van der Waals surface area contributed by atoms with Crippen LogP contribution in [0.15, 0.2) is 0 Å². The summed E-state index contributed by atoms with van der Waals surface area (Å²) in [4.78, 5) is 13.8. The molecule has 0 radical (unpaired) electrons. The van der Waals surface area contributed by atoms with Crippen LogP contribution in [0.4, 0.5) is 4.79 Å². The van der Waals surface area contributed by atoms with Crippen molar-refractivity contribution in [2.24, 2.45) is 11.1 Å². The zero-order valence-corrected chi connectivity index (χ0v) is 11.6. The lowest BCUT2D eigenvalue weighted by Crippen LogP contribution is -2.44. The van der Waals surface area contributed by atoms with Crippen LogP contribution in [0.25, 0.3) is 0 Å². The number of likely N-dealkylation sites (tertiary alicyclic amines) is 1. The van der Waals surface area contributed by atoms with Gasteiger partial charge >= 0.3 is 6.09 Å². The van der Waals surface area contributed by atoms with Crippen molar-refractivity contribution in [2.45, 2.75) is 52.6 Å². The third-order valence-corrected chi connectivity index (χ3v) is 3.18. The molecule has 1 heterocycles. The number of carbonyl (C=O) groups is 1. The molecule has 0 aromatic rings. The maximum atomic E-state index is 12.0. The zero-order chi connectivity index (χ0) is 13.1. The summed E-state index contributed by atoms with van der Waals surface area (Å²) in [7, 11) is 0. The molecule has 1 fully saturated rings. The minimum absolute atomic E-state index is 0.0351. The Labute approximate surface area is 104 Å². The first-order valence-electron chi connectivity index (χ1n) is 6.44. The van der Waals surface area contributed by atoms with Crippen LogP contribution in [0.2, 0.25) is 0 Å². The van der Waals surface area contributed by atoms with E-state index < -0.39 is 5.60 Å². The maximum absolute atomic E-state index is 12.0. The van der Waals surface area contributed by atoms with Gasteiger partial charge in [0.25, 0.3) is 0 Å². The van der Waals surface area contributed by atoms with E-state index in [1.807, 2.05) is 25.7 Å². The van der Waals surface area contributed by atoms with E-state index >= 15 is 0 Å². The van der Waals surface area contributed by atoms with Gasteiger partial charge in [-0.2, -0.15) is 0 Å². The van der Waals surface area contributed by atoms with Crippen molar-refractivity contribution in [2.75, 3.05) is 19.6 Å². The highest BCUT2D eigenvalue weighted by Crippen LogP contribution is 2.28. The lowest BCUT2D eigenvalue weighted by Gasteiger charge is -2.33. The van der Waals surface area contributed by atoms with Crippen LogP contribution in [-0.4, -0.2) is 36.2 Å². The highest BCUT2D eigenvalue weighted by atomic mass is 16.6. The molecular weight excluding hydrogens is 216 g/mol. The predicted molar refractivity (Wildman–Crippen MR) is 68.8 cm³/mol. The number of nitrogens with zero attached hydrogens (tertiary/aromatic N) is 1. The Balaban J connectivity index is 2.66. The third kappa shape index (κ3) is 4.54. The molecule has 4 heteroatoms. The van der Waals surface area contributed by atoms with Crippen molar-refractivity contribution >= 4 is 6.09 Å². The van der Waals surface area contributed by atoms with E-state index in [9.17, 15) is 4.79 Å². The molecule has 0 aliphatic carbocycles. The average Bonchev–Trinajstić information content (AvgIpc) is 2.39. The molecule has 1 aliphatic rings. The molecule has 17 heavy (non-hydrogen) atoms. The molecule has 0 saturated carbocycles. The summed E-state index contributed by atoms with van der Waals surface area (Å²) in [5, 5.41) is 0. The first kappa shape index (κ1) is 14.3. The van der Waals surface area contributed by atoms with Crippen molar-refractivity contribution in [3.05, 3.63) is 0 Å². The van der Waals surface area contributed by atoms with Crippen LogP contribution < -0.4 is 5.73 Å². The summed E-state index contributed by atoms with van der Waals surface area (Å²) in [6, 6.07) is 0. The fourth-order valence-electron chi connectivity index (χ4n) is 2.12. The lowest BCUT2D eigenvalue weighted by molar-refractivity contribution is 0.0195. The van der Waals surface area contributed by atoms with Gasteiger partial charge in [-0.1, -0.05) is 13.3 Å². The molecule has 0 aromatic carbocycles. The smallest absolute Gasteiger partial charge is 0.410 e.